The molecule has 24 heavy (non-hydrogen) atoms. The Bertz CT molecular complexity index is 891. The Balaban J connectivity index is 1.88. The molecule has 6 heteroatoms. The Hall–Kier alpha value is -3.20. The highest BCUT2D eigenvalue weighted by Gasteiger charge is 2.15. The molecule has 4 nitrogen and oxygen atoms in total. The van der Waals surface area contributed by atoms with Gasteiger partial charge in [-0.25, -0.2) is 13.5 Å². The van der Waals surface area contributed by atoms with Crippen LogP contribution < -0.4 is 4.74 Å². The fourth-order valence-electron chi connectivity index (χ4n) is 2.36. The Labute approximate surface area is 137 Å². The molecule has 0 aliphatic carbocycles. The first-order chi connectivity index (χ1) is 11.6. The van der Waals surface area contributed by atoms with E-state index in [1.807, 2.05) is 37.3 Å². The van der Waals surface area contributed by atoms with Gasteiger partial charge in [-0.2, -0.15) is 10.4 Å². The predicted molar refractivity (Wildman–Crippen MR) is 83.7 cm³/mol. The minimum Gasteiger partial charge on any atom is -0.481 e. The lowest BCUT2D eigenvalue weighted by molar-refractivity contribution is 0.267. The summed E-state index contributed by atoms with van der Waals surface area (Å²) in [4.78, 5) is 0. The monoisotopic (exact) mass is 325 g/mol. The zero-order chi connectivity index (χ0) is 17.1. The van der Waals surface area contributed by atoms with Gasteiger partial charge in [-0.3, -0.25) is 0 Å². The zero-order valence-corrected chi connectivity index (χ0v) is 12.8. The maximum Gasteiger partial charge on any atom is 0.191 e. The quantitative estimate of drug-likeness (QED) is 0.731. The molecule has 0 amide bonds. The van der Waals surface area contributed by atoms with Gasteiger partial charge in [0.15, 0.2) is 17.4 Å². The van der Waals surface area contributed by atoms with Gasteiger partial charge < -0.3 is 4.74 Å². The molecule has 0 atom stereocenters. The van der Waals surface area contributed by atoms with Gasteiger partial charge in [-0.05, 0) is 37.3 Å². The molecule has 0 radical (unpaired) electrons. The Morgan fingerprint density at radius 3 is 2.42 bits per heavy atom. The minimum atomic E-state index is -0.908. The van der Waals surface area contributed by atoms with Crippen LogP contribution in [0.1, 0.15) is 17.0 Å². The molecule has 0 aliphatic rings. The van der Waals surface area contributed by atoms with Crippen molar-refractivity contribution in [3.05, 3.63) is 77.1 Å². The van der Waals surface area contributed by atoms with Gasteiger partial charge in [0.25, 0.3) is 0 Å². The summed E-state index contributed by atoms with van der Waals surface area (Å²) in [5.41, 5.74) is 2.15. The summed E-state index contributed by atoms with van der Waals surface area (Å²) in [6.07, 6.45) is 0. The second kappa shape index (κ2) is 6.50. The van der Waals surface area contributed by atoms with Crippen molar-refractivity contribution >= 4 is 0 Å². The minimum absolute atomic E-state index is 0.0600. The maximum atomic E-state index is 13.9. The van der Waals surface area contributed by atoms with Crippen LogP contribution >= 0.6 is 0 Å². The summed E-state index contributed by atoms with van der Waals surface area (Å²) < 4.78 is 34.8. The summed E-state index contributed by atoms with van der Waals surface area (Å²) in [7, 11) is 0. The van der Waals surface area contributed by atoms with Crippen molar-refractivity contribution in [1.82, 2.24) is 9.78 Å². The molecule has 0 unspecified atom stereocenters. The molecule has 3 rings (SSSR count). The standard InChI is InChI=1S/C18H13F2N3O/c1-12-7-15(23(22-12)14-5-3-2-4-6-14)11-24-18-16(19)8-13(10-21)9-17(18)20/h2-9H,11H2,1H3. The molecule has 2 aromatic carbocycles. The first-order valence-electron chi connectivity index (χ1n) is 7.21. The van der Waals surface area contributed by atoms with E-state index >= 15 is 0 Å². The summed E-state index contributed by atoms with van der Waals surface area (Å²) in [6, 6.07) is 14.7. The number of halogens is 2. The fraction of sp³-hybridized carbons (Fsp3) is 0.111. The number of ether oxygens (including phenoxy) is 1. The van der Waals surface area contributed by atoms with E-state index in [0.29, 0.717) is 5.69 Å². The average Bonchev–Trinajstić information content (AvgIpc) is 2.95. The lowest BCUT2D eigenvalue weighted by Crippen LogP contribution is -2.07. The molecule has 1 aromatic heterocycles. The smallest absolute Gasteiger partial charge is 0.191 e. The van der Waals surface area contributed by atoms with E-state index in [1.54, 1.807) is 16.8 Å². The van der Waals surface area contributed by atoms with Crippen molar-refractivity contribution in [3.8, 4) is 17.5 Å². The third-order valence-electron chi connectivity index (χ3n) is 3.40. The number of rotatable bonds is 4. The van der Waals surface area contributed by atoms with E-state index in [1.165, 1.54) is 0 Å². The molecule has 0 saturated heterocycles. The topological polar surface area (TPSA) is 50.8 Å². The van der Waals surface area contributed by atoms with Crippen LogP contribution in [0.3, 0.4) is 0 Å². The Morgan fingerprint density at radius 1 is 1.12 bits per heavy atom. The number of benzene rings is 2. The van der Waals surface area contributed by atoms with Gasteiger partial charge >= 0.3 is 0 Å². The Morgan fingerprint density at radius 2 is 1.79 bits per heavy atom. The van der Waals surface area contributed by atoms with E-state index in [2.05, 4.69) is 5.10 Å². The van der Waals surface area contributed by atoms with Crippen molar-refractivity contribution in [3.63, 3.8) is 0 Å². The molecule has 1 heterocycles. The number of hydrogen-bond acceptors (Lipinski definition) is 3. The first-order valence-corrected chi connectivity index (χ1v) is 7.21. The largest absolute Gasteiger partial charge is 0.481 e. The van der Waals surface area contributed by atoms with Crippen molar-refractivity contribution in [2.45, 2.75) is 13.5 Å². The van der Waals surface area contributed by atoms with Gasteiger partial charge in [0, 0.05) is 0 Å². The van der Waals surface area contributed by atoms with Crippen LogP contribution in [0, 0.1) is 29.9 Å². The van der Waals surface area contributed by atoms with Crippen molar-refractivity contribution < 1.29 is 13.5 Å². The number of para-hydroxylation sites is 1. The first kappa shape index (κ1) is 15.7. The number of aryl methyl sites for hydroxylation is 1. The molecule has 0 N–H and O–H groups in total. The SMILES string of the molecule is Cc1cc(COc2c(F)cc(C#N)cc2F)n(-c2ccccc2)n1. The van der Waals surface area contributed by atoms with Crippen LogP contribution in [-0.2, 0) is 6.61 Å². The third-order valence-corrected chi connectivity index (χ3v) is 3.40. The van der Waals surface area contributed by atoms with Crippen LogP contribution in [0.5, 0.6) is 5.75 Å². The lowest BCUT2D eigenvalue weighted by atomic mass is 10.2. The molecule has 0 aliphatic heterocycles. The second-order valence-electron chi connectivity index (χ2n) is 5.19. The Kier molecular flexibility index (Phi) is 4.25. The normalized spacial score (nSPS) is 10.4. The molecule has 0 spiro atoms. The predicted octanol–water partition coefficient (Wildman–Crippen LogP) is 3.91. The number of nitriles is 1. The van der Waals surface area contributed by atoms with Gasteiger partial charge in [0.05, 0.1) is 28.7 Å². The molecular weight excluding hydrogens is 312 g/mol. The van der Waals surface area contributed by atoms with Gasteiger partial charge in [-0.15, -0.1) is 0 Å². The van der Waals surface area contributed by atoms with E-state index in [4.69, 9.17) is 10.00 Å². The summed E-state index contributed by atoms with van der Waals surface area (Å²) in [5, 5.41) is 13.1. The van der Waals surface area contributed by atoms with Gasteiger partial charge in [-0.1, -0.05) is 18.2 Å². The van der Waals surface area contributed by atoms with Gasteiger partial charge in [0.1, 0.15) is 6.61 Å². The second-order valence-corrected chi connectivity index (χ2v) is 5.19. The van der Waals surface area contributed by atoms with E-state index in [-0.39, 0.29) is 12.2 Å². The summed E-state index contributed by atoms with van der Waals surface area (Å²) >= 11 is 0. The zero-order valence-electron chi connectivity index (χ0n) is 12.8. The van der Waals surface area contributed by atoms with E-state index in [9.17, 15) is 8.78 Å². The number of nitrogens with zero attached hydrogens (tertiary/aromatic N) is 3. The molecule has 120 valence electrons. The molecule has 0 saturated carbocycles. The molecular formula is C18H13F2N3O. The van der Waals surface area contributed by atoms with Crippen LogP contribution in [0.25, 0.3) is 5.69 Å². The van der Waals surface area contributed by atoms with E-state index < -0.39 is 17.4 Å². The van der Waals surface area contributed by atoms with Crippen LogP contribution in [0.15, 0.2) is 48.5 Å². The summed E-state index contributed by atoms with van der Waals surface area (Å²) in [5.74, 6) is -2.32. The fourth-order valence-corrected chi connectivity index (χ4v) is 2.36. The highest BCUT2D eigenvalue weighted by atomic mass is 19.1. The number of hydrogen-bond donors (Lipinski definition) is 0. The number of aromatic nitrogens is 2. The van der Waals surface area contributed by atoms with Crippen LogP contribution in [0.2, 0.25) is 0 Å². The van der Waals surface area contributed by atoms with E-state index in [0.717, 1.165) is 23.5 Å². The molecule has 0 fully saturated rings. The average molecular weight is 325 g/mol. The highest BCUT2D eigenvalue weighted by Crippen LogP contribution is 2.24. The molecule has 0 bridgehead atoms. The summed E-state index contributed by atoms with van der Waals surface area (Å²) in [6.45, 7) is 1.77. The van der Waals surface area contributed by atoms with Crippen molar-refractivity contribution in [1.29, 1.82) is 5.26 Å². The van der Waals surface area contributed by atoms with Crippen molar-refractivity contribution in [2.24, 2.45) is 0 Å². The van der Waals surface area contributed by atoms with Gasteiger partial charge in [0.2, 0.25) is 0 Å². The maximum absolute atomic E-state index is 13.9. The van der Waals surface area contributed by atoms with Crippen LogP contribution in [-0.4, -0.2) is 9.78 Å². The van der Waals surface area contributed by atoms with Crippen molar-refractivity contribution in [2.75, 3.05) is 0 Å². The third kappa shape index (κ3) is 3.10. The van der Waals surface area contributed by atoms with Crippen LogP contribution in [0.4, 0.5) is 8.78 Å². The molecule has 3 aromatic rings. The lowest BCUT2D eigenvalue weighted by Gasteiger charge is -2.10. The highest BCUT2D eigenvalue weighted by molar-refractivity contribution is 5.38.